The van der Waals surface area contributed by atoms with Crippen LogP contribution in [-0.4, -0.2) is 50.1 Å². The molecule has 28 heavy (non-hydrogen) atoms. The van der Waals surface area contributed by atoms with Gasteiger partial charge in [-0.05, 0) is 42.5 Å². The number of hydrogen-bond acceptors (Lipinski definition) is 5. The van der Waals surface area contributed by atoms with E-state index < -0.39 is 0 Å². The summed E-state index contributed by atoms with van der Waals surface area (Å²) in [6.45, 7) is 1.83. The second kappa shape index (κ2) is 9.91. The van der Waals surface area contributed by atoms with Gasteiger partial charge in [0, 0.05) is 30.8 Å². The average molecular weight is 422 g/mol. The maximum absolute atomic E-state index is 12.7. The summed E-state index contributed by atoms with van der Waals surface area (Å²) in [7, 11) is 1.58. The molecular weight excluding hydrogens is 398 g/mol. The van der Waals surface area contributed by atoms with E-state index in [1.54, 1.807) is 36.6 Å². The van der Waals surface area contributed by atoms with Crippen LogP contribution >= 0.6 is 22.9 Å². The van der Waals surface area contributed by atoms with Crippen molar-refractivity contribution in [1.82, 2.24) is 10.2 Å². The number of ether oxygens (including phenoxy) is 1. The Bertz CT molecular complexity index is 813. The van der Waals surface area contributed by atoms with E-state index >= 15 is 0 Å². The van der Waals surface area contributed by atoms with Crippen LogP contribution in [0, 0.1) is 0 Å². The number of benzene rings is 1. The number of nitrogens with zero attached hydrogens (tertiary/aromatic N) is 1. The van der Waals surface area contributed by atoms with E-state index in [1.165, 1.54) is 4.88 Å². The van der Waals surface area contributed by atoms with E-state index in [0.29, 0.717) is 29.4 Å². The van der Waals surface area contributed by atoms with Crippen molar-refractivity contribution in [3.05, 3.63) is 51.2 Å². The van der Waals surface area contributed by atoms with Gasteiger partial charge in [0.2, 0.25) is 5.91 Å². The molecule has 0 radical (unpaired) electrons. The number of thiophene rings is 1. The molecule has 2 heterocycles. The number of nitrogens with one attached hydrogen (secondary N) is 2. The van der Waals surface area contributed by atoms with Crippen molar-refractivity contribution in [1.29, 1.82) is 0 Å². The Morgan fingerprint density at radius 1 is 1.36 bits per heavy atom. The fourth-order valence-electron chi connectivity index (χ4n) is 3.29. The summed E-state index contributed by atoms with van der Waals surface area (Å²) < 4.78 is 4.91. The number of carbonyl (C=O) groups is 2. The SMILES string of the molecule is COCCNC(=O)c1ccc(NCC(=O)N2CCCC2c2cccs2)cc1Cl. The lowest BCUT2D eigenvalue weighted by Gasteiger charge is -2.24. The topological polar surface area (TPSA) is 70.7 Å². The maximum atomic E-state index is 12.7. The van der Waals surface area contributed by atoms with Gasteiger partial charge in [0.15, 0.2) is 0 Å². The molecule has 1 unspecified atom stereocenters. The van der Waals surface area contributed by atoms with Crippen LogP contribution in [0.25, 0.3) is 0 Å². The first-order valence-electron chi connectivity index (χ1n) is 9.23. The lowest BCUT2D eigenvalue weighted by molar-refractivity contribution is -0.130. The van der Waals surface area contributed by atoms with Gasteiger partial charge < -0.3 is 20.3 Å². The molecule has 150 valence electrons. The van der Waals surface area contributed by atoms with E-state index in [1.807, 2.05) is 16.3 Å². The number of carbonyl (C=O) groups excluding carboxylic acids is 2. The zero-order valence-corrected chi connectivity index (χ0v) is 17.3. The highest BCUT2D eigenvalue weighted by atomic mass is 35.5. The van der Waals surface area contributed by atoms with Crippen LogP contribution in [0.4, 0.5) is 5.69 Å². The summed E-state index contributed by atoms with van der Waals surface area (Å²) in [4.78, 5) is 28.0. The van der Waals surface area contributed by atoms with Crippen LogP contribution in [0.1, 0.15) is 34.1 Å². The first-order chi connectivity index (χ1) is 13.6. The van der Waals surface area contributed by atoms with Gasteiger partial charge >= 0.3 is 0 Å². The van der Waals surface area contributed by atoms with Crippen molar-refractivity contribution in [2.75, 3.05) is 38.7 Å². The molecular formula is C20H24ClN3O3S. The van der Waals surface area contributed by atoms with E-state index in [2.05, 4.69) is 16.7 Å². The van der Waals surface area contributed by atoms with Crippen LogP contribution < -0.4 is 10.6 Å². The second-order valence-electron chi connectivity index (χ2n) is 6.56. The van der Waals surface area contributed by atoms with Gasteiger partial charge in [0.25, 0.3) is 5.91 Å². The Labute approximate surface area is 173 Å². The number of anilines is 1. The maximum Gasteiger partial charge on any atom is 0.252 e. The number of likely N-dealkylation sites (tertiary alicyclic amines) is 1. The third-order valence-corrected chi connectivity index (χ3v) is 5.98. The highest BCUT2D eigenvalue weighted by Gasteiger charge is 2.30. The fourth-order valence-corrected chi connectivity index (χ4v) is 4.43. The lowest BCUT2D eigenvalue weighted by atomic mass is 10.2. The molecule has 8 heteroatoms. The Kier molecular flexibility index (Phi) is 7.30. The average Bonchev–Trinajstić information content (AvgIpc) is 3.37. The molecule has 2 aromatic rings. The molecule has 0 bridgehead atoms. The molecule has 1 aliphatic heterocycles. The quantitative estimate of drug-likeness (QED) is 0.639. The smallest absolute Gasteiger partial charge is 0.252 e. The molecule has 1 aromatic heterocycles. The molecule has 3 rings (SSSR count). The Balaban J connectivity index is 1.56. The Morgan fingerprint density at radius 3 is 2.93 bits per heavy atom. The monoisotopic (exact) mass is 421 g/mol. The van der Waals surface area contributed by atoms with Crippen molar-refractivity contribution in [3.63, 3.8) is 0 Å². The minimum atomic E-state index is -0.250. The van der Waals surface area contributed by atoms with E-state index in [-0.39, 0.29) is 24.4 Å². The molecule has 0 aliphatic carbocycles. The van der Waals surface area contributed by atoms with Gasteiger partial charge in [-0.1, -0.05) is 17.7 Å². The number of halogens is 1. The van der Waals surface area contributed by atoms with Gasteiger partial charge in [-0.15, -0.1) is 11.3 Å². The van der Waals surface area contributed by atoms with Gasteiger partial charge in [0.1, 0.15) is 0 Å². The number of amides is 2. The second-order valence-corrected chi connectivity index (χ2v) is 7.94. The third kappa shape index (κ3) is 5.04. The molecule has 6 nitrogen and oxygen atoms in total. The predicted octanol–water partition coefficient (Wildman–Crippen LogP) is 3.55. The van der Waals surface area contributed by atoms with Crippen molar-refractivity contribution >= 4 is 40.4 Å². The minimum absolute atomic E-state index is 0.0633. The van der Waals surface area contributed by atoms with Crippen LogP contribution in [0.15, 0.2) is 35.7 Å². The molecule has 0 spiro atoms. The molecule has 1 aromatic carbocycles. The number of rotatable bonds is 8. The standard InChI is InChI=1S/C20H24ClN3O3S/c1-27-10-8-22-20(26)15-7-6-14(12-16(15)21)23-13-19(25)24-9-2-4-17(24)18-5-3-11-28-18/h3,5-7,11-12,17,23H,2,4,8-10,13H2,1H3,(H,22,26). The van der Waals surface area contributed by atoms with Crippen LogP contribution in [0.2, 0.25) is 5.02 Å². The first kappa shape index (κ1) is 20.6. The van der Waals surface area contributed by atoms with Gasteiger partial charge in [-0.25, -0.2) is 0 Å². The van der Waals surface area contributed by atoms with Crippen LogP contribution in [0.3, 0.4) is 0 Å². The summed E-state index contributed by atoms with van der Waals surface area (Å²) in [6, 6.07) is 9.36. The van der Waals surface area contributed by atoms with E-state index in [4.69, 9.17) is 16.3 Å². The lowest BCUT2D eigenvalue weighted by Crippen LogP contribution is -2.34. The normalized spacial score (nSPS) is 16.2. The Hall–Kier alpha value is -2.09. The van der Waals surface area contributed by atoms with Crippen LogP contribution in [0.5, 0.6) is 0 Å². The predicted molar refractivity (Wildman–Crippen MR) is 112 cm³/mol. The van der Waals surface area contributed by atoms with Crippen molar-refractivity contribution in [2.24, 2.45) is 0 Å². The number of hydrogen-bond donors (Lipinski definition) is 2. The molecule has 2 N–H and O–H groups in total. The highest BCUT2D eigenvalue weighted by molar-refractivity contribution is 7.10. The largest absolute Gasteiger partial charge is 0.383 e. The van der Waals surface area contributed by atoms with Crippen LogP contribution in [-0.2, 0) is 9.53 Å². The third-order valence-electron chi connectivity index (χ3n) is 4.69. The summed E-state index contributed by atoms with van der Waals surface area (Å²) in [6.07, 6.45) is 2.03. The molecule has 0 saturated carbocycles. The zero-order valence-electron chi connectivity index (χ0n) is 15.7. The molecule has 1 atom stereocenters. The van der Waals surface area contributed by atoms with Crippen molar-refractivity contribution in [3.8, 4) is 0 Å². The van der Waals surface area contributed by atoms with E-state index in [0.717, 1.165) is 19.4 Å². The zero-order chi connectivity index (χ0) is 19.9. The molecule has 1 aliphatic rings. The summed E-state index contributed by atoms with van der Waals surface area (Å²) in [5.41, 5.74) is 1.10. The summed E-state index contributed by atoms with van der Waals surface area (Å²) >= 11 is 7.94. The molecule has 1 fully saturated rings. The van der Waals surface area contributed by atoms with Gasteiger partial charge in [-0.2, -0.15) is 0 Å². The summed E-state index contributed by atoms with van der Waals surface area (Å²) in [5.74, 6) is -0.186. The molecule has 2 amide bonds. The van der Waals surface area contributed by atoms with E-state index in [9.17, 15) is 9.59 Å². The number of methoxy groups -OCH3 is 1. The van der Waals surface area contributed by atoms with Crippen molar-refractivity contribution in [2.45, 2.75) is 18.9 Å². The molecule has 1 saturated heterocycles. The fraction of sp³-hybridized carbons (Fsp3) is 0.400. The first-order valence-corrected chi connectivity index (χ1v) is 10.5. The van der Waals surface area contributed by atoms with Crippen molar-refractivity contribution < 1.29 is 14.3 Å². The van der Waals surface area contributed by atoms with Gasteiger partial charge in [-0.3, -0.25) is 9.59 Å². The van der Waals surface area contributed by atoms with Gasteiger partial charge in [0.05, 0.1) is 29.8 Å². The highest BCUT2D eigenvalue weighted by Crippen LogP contribution is 2.34. The summed E-state index contributed by atoms with van der Waals surface area (Å²) in [5, 5.41) is 8.24. The Morgan fingerprint density at radius 2 is 2.21 bits per heavy atom. The minimum Gasteiger partial charge on any atom is -0.383 e.